The molecule has 4 rings (SSSR count). The van der Waals surface area contributed by atoms with Crippen LogP contribution in [0.2, 0.25) is 0 Å². The lowest BCUT2D eigenvalue weighted by atomic mass is 10.1. The lowest BCUT2D eigenvalue weighted by Crippen LogP contribution is -2.44. The molecule has 2 aliphatic heterocycles. The molecule has 2 aromatic carbocycles. The van der Waals surface area contributed by atoms with Gasteiger partial charge in [-0.05, 0) is 30.5 Å². The van der Waals surface area contributed by atoms with Crippen LogP contribution in [0, 0.1) is 10.1 Å². The maximum atomic E-state index is 12.5. The number of benzene rings is 2. The number of nitro benzene ring substituents is 1. The quantitative estimate of drug-likeness (QED) is 0.382. The van der Waals surface area contributed by atoms with Crippen molar-refractivity contribution >= 4 is 17.3 Å². The van der Waals surface area contributed by atoms with Crippen molar-refractivity contribution in [2.45, 2.75) is 25.5 Å². The summed E-state index contributed by atoms with van der Waals surface area (Å²) in [5, 5.41) is 11.5. The van der Waals surface area contributed by atoms with Crippen LogP contribution in [0.15, 0.2) is 48.5 Å². The van der Waals surface area contributed by atoms with Crippen LogP contribution in [0.25, 0.3) is 0 Å². The Hall–Kier alpha value is -2.97. The first-order chi connectivity index (χ1) is 15.1. The van der Waals surface area contributed by atoms with Crippen molar-refractivity contribution in [3.05, 3.63) is 69.8 Å². The van der Waals surface area contributed by atoms with Crippen LogP contribution in [0.4, 0.5) is 11.4 Å². The monoisotopic (exact) mass is 425 g/mol. The number of hydrogen-bond acceptors (Lipinski definition) is 7. The summed E-state index contributed by atoms with van der Waals surface area (Å²) in [5.74, 6) is -0.570. The molecular weight excluding hydrogens is 398 g/mol. The normalized spacial score (nSPS) is 19.4. The van der Waals surface area contributed by atoms with E-state index >= 15 is 0 Å². The minimum atomic E-state index is -0.570. The second-order valence-corrected chi connectivity index (χ2v) is 7.97. The fourth-order valence-electron chi connectivity index (χ4n) is 4.14. The van der Waals surface area contributed by atoms with Crippen LogP contribution in [0.1, 0.15) is 28.8 Å². The van der Waals surface area contributed by atoms with Gasteiger partial charge in [-0.1, -0.05) is 30.3 Å². The van der Waals surface area contributed by atoms with Gasteiger partial charge >= 0.3 is 5.97 Å². The number of rotatable bonds is 7. The number of hydrogen-bond donors (Lipinski definition) is 0. The van der Waals surface area contributed by atoms with Crippen LogP contribution < -0.4 is 4.90 Å². The third-order valence-corrected chi connectivity index (χ3v) is 5.73. The van der Waals surface area contributed by atoms with Gasteiger partial charge in [0, 0.05) is 38.8 Å². The Labute approximate surface area is 181 Å². The van der Waals surface area contributed by atoms with Crippen LogP contribution in [-0.2, 0) is 16.0 Å². The van der Waals surface area contributed by atoms with Crippen molar-refractivity contribution < 1.29 is 19.2 Å². The summed E-state index contributed by atoms with van der Waals surface area (Å²) < 4.78 is 11.2. The molecule has 0 aliphatic carbocycles. The van der Waals surface area contributed by atoms with Crippen molar-refractivity contribution in [1.82, 2.24) is 4.90 Å². The van der Waals surface area contributed by atoms with Gasteiger partial charge in [-0.3, -0.25) is 15.0 Å². The highest BCUT2D eigenvalue weighted by atomic mass is 16.6. The van der Waals surface area contributed by atoms with Crippen LogP contribution in [-0.4, -0.2) is 61.3 Å². The number of nitrogens with zero attached hydrogens (tertiary/aromatic N) is 3. The molecule has 0 N–H and O–H groups in total. The highest BCUT2D eigenvalue weighted by Gasteiger charge is 2.26. The van der Waals surface area contributed by atoms with Crippen LogP contribution in [0.3, 0.4) is 0 Å². The first-order valence-corrected chi connectivity index (χ1v) is 10.7. The van der Waals surface area contributed by atoms with E-state index in [0.717, 1.165) is 39.0 Å². The summed E-state index contributed by atoms with van der Waals surface area (Å²) in [6.45, 7) is 4.58. The van der Waals surface area contributed by atoms with Gasteiger partial charge in [0.1, 0.15) is 18.4 Å². The van der Waals surface area contributed by atoms with Crippen molar-refractivity contribution in [3.8, 4) is 0 Å². The molecule has 0 amide bonds. The molecule has 2 heterocycles. The number of anilines is 1. The van der Waals surface area contributed by atoms with E-state index in [0.29, 0.717) is 18.8 Å². The summed E-state index contributed by atoms with van der Waals surface area (Å²) in [6, 6.07) is 14.8. The zero-order chi connectivity index (χ0) is 21.6. The summed E-state index contributed by atoms with van der Waals surface area (Å²) >= 11 is 0. The second kappa shape index (κ2) is 9.89. The van der Waals surface area contributed by atoms with Crippen molar-refractivity contribution in [1.29, 1.82) is 0 Å². The van der Waals surface area contributed by atoms with E-state index in [1.54, 1.807) is 12.1 Å². The Morgan fingerprint density at radius 3 is 2.65 bits per heavy atom. The Bertz CT molecular complexity index is 915. The topological polar surface area (TPSA) is 85.1 Å². The number of nitro groups is 1. The minimum Gasteiger partial charge on any atom is -0.459 e. The number of morpholine rings is 1. The lowest BCUT2D eigenvalue weighted by Gasteiger charge is -2.32. The predicted molar refractivity (Wildman–Crippen MR) is 116 cm³/mol. The van der Waals surface area contributed by atoms with E-state index in [9.17, 15) is 14.9 Å². The molecule has 8 nitrogen and oxygen atoms in total. The maximum absolute atomic E-state index is 12.5. The Balaban J connectivity index is 1.34. The van der Waals surface area contributed by atoms with E-state index in [1.807, 2.05) is 23.1 Å². The molecule has 31 heavy (non-hydrogen) atoms. The minimum absolute atomic E-state index is 0.0562. The summed E-state index contributed by atoms with van der Waals surface area (Å²) in [6.07, 6.45) is 1.81. The average molecular weight is 425 g/mol. The molecule has 8 heteroatoms. The van der Waals surface area contributed by atoms with Crippen molar-refractivity contribution in [2.24, 2.45) is 0 Å². The van der Waals surface area contributed by atoms with Gasteiger partial charge in [-0.15, -0.1) is 0 Å². The SMILES string of the molecule is O=C(OCC1CN(Cc2ccccc2)CCO1)c1ccc(N2CCCC2)c([N+](=O)[O-])c1. The average Bonchev–Trinajstić information content (AvgIpc) is 3.33. The molecule has 0 saturated carbocycles. The predicted octanol–water partition coefficient (Wildman–Crippen LogP) is 3.25. The Kier molecular flexibility index (Phi) is 6.79. The van der Waals surface area contributed by atoms with Gasteiger partial charge in [-0.2, -0.15) is 0 Å². The van der Waals surface area contributed by atoms with E-state index in [1.165, 1.54) is 11.6 Å². The number of ether oxygens (including phenoxy) is 2. The highest BCUT2D eigenvalue weighted by Crippen LogP contribution is 2.31. The largest absolute Gasteiger partial charge is 0.459 e. The van der Waals surface area contributed by atoms with Gasteiger partial charge in [0.15, 0.2) is 0 Å². The van der Waals surface area contributed by atoms with Crippen LogP contribution >= 0.6 is 0 Å². The summed E-state index contributed by atoms with van der Waals surface area (Å²) in [7, 11) is 0. The molecule has 0 radical (unpaired) electrons. The van der Waals surface area contributed by atoms with Gasteiger partial charge < -0.3 is 14.4 Å². The first kappa shape index (κ1) is 21.3. The fraction of sp³-hybridized carbons (Fsp3) is 0.435. The Morgan fingerprint density at radius 1 is 1.13 bits per heavy atom. The third kappa shape index (κ3) is 5.39. The molecule has 1 unspecified atom stereocenters. The molecule has 2 aliphatic rings. The van der Waals surface area contributed by atoms with Crippen LogP contribution in [0.5, 0.6) is 0 Å². The van der Waals surface area contributed by atoms with E-state index in [-0.39, 0.29) is 24.0 Å². The lowest BCUT2D eigenvalue weighted by molar-refractivity contribution is -0.384. The van der Waals surface area contributed by atoms with E-state index < -0.39 is 10.9 Å². The van der Waals surface area contributed by atoms with Crippen molar-refractivity contribution in [2.75, 3.05) is 44.3 Å². The Morgan fingerprint density at radius 2 is 1.90 bits per heavy atom. The molecular formula is C23H27N3O5. The second-order valence-electron chi connectivity index (χ2n) is 7.97. The number of carbonyl (C=O) groups excluding carboxylic acids is 1. The van der Waals surface area contributed by atoms with Gasteiger partial charge in [0.25, 0.3) is 5.69 Å². The number of esters is 1. The van der Waals surface area contributed by atoms with E-state index in [4.69, 9.17) is 9.47 Å². The molecule has 1 atom stereocenters. The van der Waals surface area contributed by atoms with Gasteiger partial charge in [0.2, 0.25) is 0 Å². The van der Waals surface area contributed by atoms with Crippen molar-refractivity contribution in [3.63, 3.8) is 0 Å². The first-order valence-electron chi connectivity index (χ1n) is 10.7. The molecule has 2 fully saturated rings. The standard InChI is InChI=1S/C23H27N3O5/c27-23(19-8-9-21(22(14-19)26(28)29)25-10-4-5-11-25)31-17-20-16-24(12-13-30-20)15-18-6-2-1-3-7-18/h1-3,6-9,14,20H,4-5,10-13,15-17H2. The molecule has 164 valence electrons. The molecule has 2 saturated heterocycles. The molecule has 0 aromatic heterocycles. The summed E-state index contributed by atoms with van der Waals surface area (Å²) in [5.41, 5.74) is 1.92. The molecule has 2 aromatic rings. The summed E-state index contributed by atoms with van der Waals surface area (Å²) in [4.78, 5) is 27.9. The van der Waals surface area contributed by atoms with Gasteiger partial charge in [0.05, 0.1) is 17.1 Å². The zero-order valence-corrected chi connectivity index (χ0v) is 17.4. The maximum Gasteiger partial charge on any atom is 0.338 e. The number of carbonyl (C=O) groups is 1. The smallest absolute Gasteiger partial charge is 0.338 e. The van der Waals surface area contributed by atoms with E-state index in [2.05, 4.69) is 17.0 Å². The molecule has 0 bridgehead atoms. The third-order valence-electron chi connectivity index (χ3n) is 5.73. The van der Waals surface area contributed by atoms with Gasteiger partial charge in [-0.25, -0.2) is 4.79 Å². The fourth-order valence-corrected chi connectivity index (χ4v) is 4.14. The molecule has 0 spiro atoms. The zero-order valence-electron chi connectivity index (χ0n) is 17.4. The highest BCUT2D eigenvalue weighted by molar-refractivity contribution is 5.91.